The van der Waals surface area contributed by atoms with E-state index in [1.54, 1.807) is 0 Å². The Morgan fingerprint density at radius 2 is 1.82 bits per heavy atom. The number of esters is 1. The Balaban J connectivity index is 2.03. The average molecular weight is 233 g/mol. The van der Waals surface area contributed by atoms with E-state index in [1.165, 1.54) is 18.2 Å². The van der Waals surface area contributed by atoms with Crippen molar-refractivity contribution in [2.75, 3.05) is 7.11 Å². The Kier molecular flexibility index (Phi) is 3.20. The van der Waals surface area contributed by atoms with Crippen LogP contribution in [0.15, 0.2) is 24.3 Å². The lowest BCUT2D eigenvalue weighted by molar-refractivity contribution is -0.147. The maximum absolute atomic E-state index is 11.6. The van der Waals surface area contributed by atoms with Gasteiger partial charge in [0.2, 0.25) is 0 Å². The van der Waals surface area contributed by atoms with E-state index in [-0.39, 0.29) is 5.97 Å². The molecule has 17 heavy (non-hydrogen) atoms. The molecular weight excluding hydrogens is 214 g/mol. The minimum atomic E-state index is -0.624. The van der Waals surface area contributed by atoms with E-state index >= 15 is 0 Å². The van der Waals surface area contributed by atoms with Gasteiger partial charge in [-0.05, 0) is 37.8 Å². The summed E-state index contributed by atoms with van der Waals surface area (Å²) in [4.78, 5) is 11.6. The van der Waals surface area contributed by atoms with Crippen molar-refractivity contribution in [3.05, 3.63) is 35.4 Å². The van der Waals surface area contributed by atoms with Crippen LogP contribution in [0, 0.1) is 0 Å². The maximum Gasteiger partial charge on any atom is 0.325 e. The molecule has 3 nitrogen and oxygen atoms in total. The number of fused-ring (bicyclic) bond motifs is 1. The number of methoxy groups -OCH3 is 1. The molecule has 3 heteroatoms. The normalized spacial score (nSPS) is 15.7. The van der Waals surface area contributed by atoms with Gasteiger partial charge in [0, 0.05) is 6.04 Å². The summed E-state index contributed by atoms with van der Waals surface area (Å²) < 4.78 is 4.80. The number of hydrogen-bond donors (Lipinski definition) is 1. The number of hydrogen-bond acceptors (Lipinski definition) is 3. The summed E-state index contributed by atoms with van der Waals surface area (Å²) in [5.74, 6) is -0.214. The zero-order chi connectivity index (χ0) is 12.5. The fourth-order valence-corrected chi connectivity index (χ4v) is 2.49. The molecule has 0 heterocycles. The quantitative estimate of drug-likeness (QED) is 0.807. The zero-order valence-corrected chi connectivity index (χ0v) is 10.6. The Morgan fingerprint density at radius 3 is 2.29 bits per heavy atom. The fourth-order valence-electron chi connectivity index (χ4n) is 2.49. The van der Waals surface area contributed by atoms with Gasteiger partial charge in [-0.3, -0.25) is 10.1 Å². The molecule has 0 spiro atoms. The first-order valence-corrected chi connectivity index (χ1v) is 5.96. The van der Waals surface area contributed by atoms with Crippen molar-refractivity contribution in [2.24, 2.45) is 0 Å². The molecule has 0 radical (unpaired) electrons. The van der Waals surface area contributed by atoms with Crippen LogP contribution in [0.2, 0.25) is 0 Å². The summed E-state index contributed by atoms with van der Waals surface area (Å²) in [5.41, 5.74) is 2.14. The van der Waals surface area contributed by atoms with Gasteiger partial charge in [0.05, 0.1) is 7.11 Å². The molecule has 0 saturated carbocycles. The summed E-state index contributed by atoms with van der Waals surface area (Å²) in [7, 11) is 1.43. The van der Waals surface area contributed by atoms with E-state index in [1.807, 2.05) is 13.8 Å². The second-order valence-electron chi connectivity index (χ2n) is 5.13. The van der Waals surface area contributed by atoms with Gasteiger partial charge < -0.3 is 4.74 Å². The first-order chi connectivity index (χ1) is 8.03. The Labute approximate surface area is 102 Å². The third-order valence-corrected chi connectivity index (χ3v) is 3.31. The summed E-state index contributed by atoms with van der Waals surface area (Å²) in [6.45, 7) is 3.73. The van der Waals surface area contributed by atoms with Gasteiger partial charge in [0.15, 0.2) is 0 Å². The van der Waals surface area contributed by atoms with Crippen LogP contribution < -0.4 is 5.32 Å². The van der Waals surface area contributed by atoms with E-state index in [9.17, 15) is 4.79 Å². The van der Waals surface area contributed by atoms with Gasteiger partial charge in [-0.25, -0.2) is 0 Å². The molecule has 0 saturated heterocycles. The van der Waals surface area contributed by atoms with Crippen molar-refractivity contribution < 1.29 is 9.53 Å². The molecule has 2 rings (SSSR count). The van der Waals surface area contributed by atoms with Crippen LogP contribution >= 0.6 is 0 Å². The molecule has 0 fully saturated rings. The number of ether oxygens (including phenoxy) is 1. The van der Waals surface area contributed by atoms with Gasteiger partial charge in [-0.2, -0.15) is 0 Å². The third-order valence-electron chi connectivity index (χ3n) is 3.31. The highest BCUT2D eigenvalue weighted by molar-refractivity contribution is 5.79. The van der Waals surface area contributed by atoms with Gasteiger partial charge in [-0.1, -0.05) is 24.3 Å². The molecule has 0 unspecified atom stereocenters. The van der Waals surface area contributed by atoms with Gasteiger partial charge in [0.25, 0.3) is 0 Å². The summed E-state index contributed by atoms with van der Waals surface area (Å²) in [5, 5.41) is 3.38. The minimum absolute atomic E-state index is 0.214. The molecule has 0 aromatic heterocycles. The predicted octanol–water partition coefficient (Wildman–Crippen LogP) is 1.69. The Bertz CT molecular complexity index is 401. The molecule has 1 aliphatic carbocycles. The second-order valence-corrected chi connectivity index (χ2v) is 5.13. The first kappa shape index (κ1) is 12.1. The summed E-state index contributed by atoms with van der Waals surface area (Å²) in [6.07, 6.45) is 1.97. The highest BCUT2D eigenvalue weighted by Gasteiger charge is 2.33. The van der Waals surface area contributed by atoms with E-state index in [4.69, 9.17) is 4.74 Å². The predicted molar refractivity (Wildman–Crippen MR) is 66.9 cm³/mol. The lowest BCUT2D eigenvalue weighted by Crippen LogP contribution is -2.52. The zero-order valence-electron chi connectivity index (χ0n) is 10.6. The first-order valence-electron chi connectivity index (χ1n) is 5.96. The minimum Gasteiger partial charge on any atom is -0.468 e. The molecule has 1 aromatic carbocycles. The topological polar surface area (TPSA) is 38.3 Å². The molecule has 1 aliphatic rings. The van der Waals surface area contributed by atoms with Crippen molar-refractivity contribution in [3.63, 3.8) is 0 Å². The lowest BCUT2D eigenvalue weighted by atomic mass is 10.0. The summed E-state index contributed by atoms with van der Waals surface area (Å²) >= 11 is 0. The molecule has 92 valence electrons. The molecule has 1 aromatic rings. The van der Waals surface area contributed by atoms with Gasteiger partial charge in [0.1, 0.15) is 5.54 Å². The standard InChI is InChI=1S/C14H19NO2/c1-14(2,13(16)17-3)15-12-8-10-6-4-5-7-11(10)9-12/h4-7,12,15H,8-9H2,1-3H3. The molecule has 0 amide bonds. The molecule has 0 aliphatic heterocycles. The van der Waals surface area contributed by atoms with Crippen molar-refractivity contribution in [1.82, 2.24) is 5.32 Å². The van der Waals surface area contributed by atoms with Crippen LogP contribution in [0.25, 0.3) is 0 Å². The molecular formula is C14H19NO2. The van der Waals surface area contributed by atoms with Crippen molar-refractivity contribution in [2.45, 2.75) is 38.3 Å². The van der Waals surface area contributed by atoms with Gasteiger partial charge in [-0.15, -0.1) is 0 Å². The van der Waals surface area contributed by atoms with Crippen LogP contribution in [0.4, 0.5) is 0 Å². The van der Waals surface area contributed by atoms with E-state index in [0.29, 0.717) is 6.04 Å². The monoisotopic (exact) mass is 233 g/mol. The van der Waals surface area contributed by atoms with Crippen LogP contribution in [0.1, 0.15) is 25.0 Å². The lowest BCUT2D eigenvalue weighted by Gasteiger charge is -2.27. The highest BCUT2D eigenvalue weighted by atomic mass is 16.5. The van der Waals surface area contributed by atoms with E-state index in [0.717, 1.165) is 12.8 Å². The number of benzene rings is 1. The smallest absolute Gasteiger partial charge is 0.325 e. The fraction of sp³-hybridized carbons (Fsp3) is 0.500. The number of nitrogens with one attached hydrogen (secondary N) is 1. The van der Waals surface area contributed by atoms with E-state index in [2.05, 4.69) is 29.6 Å². The van der Waals surface area contributed by atoms with Crippen molar-refractivity contribution in [3.8, 4) is 0 Å². The second kappa shape index (κ2) is 4.49. The van der Waals surface area contributed by atoms with Crippen LogP contribution in [0.3, 0.4) is 0 Å². The SMILES string of the molecule is COC(=O)C(C)(C)NC1Cc2ccccc2C1. The van der Waals surface area contributed by atoms with Crippen molar-refractivity contribution >= 4 is 5.97 Å². The number of carbonyl (C=O) groups is 1. The third kappa shape index (κ3) is 2.50. The van der Waals surface area contributed by atoms with E-state index < -0.39 is 5.54 Å². The number of rotatable bonds is 3. The average Bonchev–Trinajstić information content (AvgIpc) is 2.68. The Morgan fingerprint density at radius 1 is 1.29 bits per heavy atom. The molecule has 1 N–H and O–H groups in total. The molecule has 0 bridgehead atoms. The largest absolute Gasteiger partial charge is 0.468 e. The maximum atomic E-state index is 11.6. The number of carbonyl (C=O) groups excluding carboxylic acids is 1. The highest BCUT2D eigenvalue weighted by Crippen LogP contribution is 2.23. The van der Waals surface area contributed by atoms with Crippen molar-refractivity contribution in [1.29, 1.82) is 0 Å². The van der Waals surface area contributed by atoms with Gasteiger partial charge >= 0.3 is 5.97 Å². The van der Waals surface area contributed by atoms with Crippen LogP contribution in [0.5, 0.6) is 0 Å². The van der Waals surface area contributed by atoms with Crippen LogP contribution in [-0.2, 0) is 22.4 Å². The Hall–Kier alpha value is -1.35. The summed E-state index contributed by atoms with van der Waals surface area (Å²) in [6, 6.07) is 8.75. The van der Waals surface area contributed by atoms with Crippen LogP contribution in [-0.4, -0.2) is 24.7 Å². The molecule has 0 atom stereocenters.